The monoisotopic (exact) mass is 480 g/mol. The van der Waals surface area contributed by atoms with Gasteiger partial charge in [0.25, 0.3) is 0 Å². The van der Waals surface area contributed by atoms with Crippen molar-refractivity contribution in [1.82, 2.24) is 4.98 Å². The van der Waals surface area contributed by atoms with Gasteiger partial charge in [-0.3, -0.25) is 9.52 Å². The van der Waals surface area contributed by atoms with Crippen LogP contribution < -0.4 is 4.72 Å². The molecule has 0 spiro atoms. The lowest BCUT2D eigenvalue weighted by molar-refractivity contribution is -0.140. The number of hydrogen-bond acceptors (Lipinski definition) is 4. The number of ether oxygens (including phenoxy) is 1. The van der Waals surface area contributed by atoms with Gasteiger partial charge in [-0.25, -0.2) is 12.8 Å². The summed E-state index contributed by atoms with van der Waals surface area (Å²) in [4.78, 5) is 15.1. The summed E-state index contributed by atoms with van der Waals surface area (Å²) >= 11 is 0. The Labute approximate surface area is 197 Å². The van der Waals surface area contributed by atoms with Gasteiger partial charge in [0, 0.05) is 28.7 Å². The first-order valence-corrected chi connectivity index (χ1v) is 12.7. The molecule has 4 rings (SSSR count). The average molecular weight is 481 g/mol. The minimum Gasteiger partial charge on any atom is -0.469 e. The summed E-state index contributed by atoms with van der Waals surface area (Å²) in [5.41, 5.74) is 5.94. The second-order valence-corrected chi connectivity index (χ2v) is 9.88. The van der Waals surface area contributed by atoms with Gasteiger partial charge in [0.15, 0.2) is 0 Å². The molecule has 3 aromatic carbocycles. The minimum atomic E-state index is -3.39. The van der Waals surface area contributed by atoms with Crippen molar-refractivity contribution in [3.8, 4) is 22.4 Å². The number of aromatic amines is 1. The fourth-order valence-electron chi connectivity index (χ4n) is 4.04. The number of H-pyrrole nitrogens is 1. The Bertz CT molecular complexity index is 1440. The van der Waals surface area contributed by atoms with Crippen LogP contribution in [0.3, 0.4) is 0 Å². The summed E-state index contributed by atoms with van der Waals surface area (Å²) in [6.07, 6.45) is 2.64. The second kappa shape index (κ2) is 9.69. The van der Waals surface area contributed by atoms with Gasteiger partial charge >= 0.3 is 5.97 Å². The molecule has 0 saturated carbocycles. The number of benzene rings is 3. The number of anilines is 1. The fourth-order valence-corrected chi connectivity index (χ4v) is 4.59. The molecule has 176 valence electrons. The molecule has 4 aromatic rings. The molecule has 0 unspecified atom stereocenters. The molecule has 0 amide bonds. The van der Waals surface area contributed by atoms with E-state index in [0.29, 0.717) is 24.9 Å². The molecule has 8 heteroatoms. The van der Waals surface area contributed by atoms with E-state index in [0.717, 1.165) is 45.1 Å². The van der Waals surface area contributed by atoms with E-state index in [-0.39, 0.29) is 11.8 Å². The van der Waals surface area contributed by atoms with Crippen LogP contribution in [0.2, 0.25) is 0 Å². The van der Waals surface area contributed by atoms with Crippen molar-refractivity contribution >= 4 is 32.6 Å². The lowest BCUT2D eigenvalue weighted by atomic mass is 9.97. The molecule has 6 nitrogen and oxygen atoms in total. The normalized spacial score (nSPS) is 11.5. The van der Waals surface area contributed by atoms with Gasteiger partial charge in [-0.05, 0) is 83.6 Å². The van der Waals surface area contributed by atoms with E-state index in [1.54, 1.807) is 30.3 Å². The molecule has 0 saturated heterocycles. The molecular formula is C26H25FN2O4S. The molecule has 0 radical (unpaired) electrons. The van der Waals surface area contributed by atoms with E-state index < -0.39 is 10.0 Å². The van der Waals surface area contributed by atoms with Crippen LogP contribution in [0, 0.1) is 5.82 Å². The van der Waals surface area contributed by atoms with Crippen LogP contribution in [0.15, 0.2) is 66.7 Å². The number of aromatic nitrogens is 1. The topological polar surface area (TPSA) is 88.3 Å². The predicted octanol–water partition coefficient (Wildman–Crippen LogP) is 5.51. The van der Waals surface area contributed by atoms with Crippen molar-refractivity contribution in [1.29, 1.82) is 0 Å². The first-order valence-electron chi connectivity index (χ1n) is 10.8. The number of carbonyl (C=O) groups is 1. The summed E-state index contributed by atoms with van der Waals surface area (Å²) < 4.78 is 44.0. The van der Waals surface area contributed by atoms with Gasteiger partial charge in [0.2, 0.25) is 10.0 Å². The number of esters is 1. The summed E-state index contributed by atoms with van der Waals surface area (Å²) in [5, 5.41) is 0.989. The van der Waals surface area contributed by atoms with Crippen LogP contribution in [0.1, 0.15) is 18.4 Å². The SMILES string of the molecule is COC(=O)CCCc1c(-c2ccc(F)cc2)[nH]c2ccc(-c3cccc(NS(C)(=O)=O)c3)cc12. The zero-order chi connectivity index (χ0) is 24.3. The summed E-state index contributed by atoms with van der Waals surface area (Å²) in [6, 6.07) is 19.5. The number of carbonyl (C=O) groups excluding carboxylic acids is 1. The molecule has 1 heterocycles. The lowest BCUT2D eigenvalue weighted by Crippen LogP contribution is -2.09. The summed E-state index contributed by atoms with van der Waals surface area (Å²) in [6.45, 7) is 0. The van der Waals surface area contributed by atoms with Crippen LogP contribution >= 0.6 is 0 Å². The number of sulfonamides is 1. The Morgan fingerprint density at radius 2 is 1.71 bits per heavy atom. The number of aryl methyl sites for hydroxylation is 1. The first kappa shape index (κ1) is 23.5. The van der Waals surface area contributed by atoms with Crippen LogP contribution in [0.25, 0.3) is 33.3 Å². The maximum atomic E-state index is 13.5. The molecule has 0 fully saturated rings. The highest BCUT2D eigenvalue weighted by Crippen LogP contribution is 2.35. The van der Waals surface area contributed by atoms with E-state index in [9.17, 15) is 17.6 Å². The van der Waals surface area contributed by atoms with Gasteiger partial charge in [0.05, 0.1) is 13.4 Å². The number of hydrogen-bond donors (Lipinski definition) is 2. The standard InChI is InChI=1S/C26H25FN2O4S/c1-33-25(30)8-4-7-22-23-16-19(18-5-3-6-21(15-18)29-34(2,31)32)11-14-24(23)28-26(22)17-9-12-20(27)13-10-17/h3,5-6,9-16,28-29H,4,7-8H2,1-2H3. The molecular weight excluding hydrogens is 455 g/mol. The van der Waals surface area contributed by atoms with E-state index in [1.165, 1.54) is 19.2 Å². The number of methoxy groups -OCH3 is 1. The van der Waals surface area contributed by atoms with Crippen LogP contribution in [0.5, 0.6) is 0 Å². The zero-order valence-electron chi connectivity index (χ0n) is 18.9. The number of rotatable bonds is 8. The van der Waals surface area contributed by atoms with Crippen LogP contribution in [-0.4, -0.2) is 32.7 Å². The molecule has 1 aromatic heterocycles. The summed E-state index contributed by atoms with van der Waals surface area (Å²) in [5.74, 6) is -0.573. The molecule has 0 aliphatic carbocycles. The molecule has 0 bridgehead atoms. The van der Waals surface area contributed by atoms with Crippen molar-refractivity contribution in [2.24, 2.45) is 0 Å². The van der Waals surface area contributed by atoms with Crippen LogP contribution in [0.4, 0.5) is 10.1 Å². The Balaban J connectivity index is 1.77. The Kier molecular flexibility index (Phi) is 6.70. The Morgan fingerprint density at radius 1 is 1.00 bits per heavy atom. The zero-order valence-corrected chi connectivity index (χ0v) is 19.7. The third-order valence-electron chi connectivity index (χ3n) is 5.57. The first-order chi connectivity index (χ1) is 16.2. The average Bonchev–Trinajstić information content (AvgIpc) is 3.16. The molecule has 34 heavy (non-hydrogen) atoms. The second-order valence-electron chi connectivity index (χ2n) is 8.13. The van der Waals surface area contributed by atoms with Gasteiger partial charge in [-0.2, -0.15) is 0 Å². The molecule has 0 aliphatic rings. The highest BCUT2D eigenvalue weighted by atomic mass is 32.2. The fraction of sp³-hybridized carbons (Fsp3) is 0.192. The van der Waals surface area contributed by atoms with E-state index in [2.05, 4.69) is 9.71 Å². The maximum Gasteiger partial charge on any atom is 0.305 e. The van der Waals surface area contributed by atoms with Crippen molar-refractivity contribution in [2.75, 3.05) is 18.1 Å². The third-order valence-corrected chi connectivity index (χ3v) is 6.18. The maximum absolute atomic E-state index is 13.5. The van der Waals surface area contributed by atoms with E-state index >= 15 is 0 Å². The largest absolute Gasteiger partial charge is 0.469 e. The van der Waals surface area contributed by atoms with Crippen LogP contribution in [-0.2, 0) is 26.0 Å². The van der Waals surface area contributed by atoms with Gasteiger partial charge in [-0.1, -0.05) is 18.2 Å². The minimum absolute atomic E-state index is 0.265. The van der Waals surface area contributed by atoms with E-state index in [1.807, 2.05) is 24.3 Å². The highest BCUT2D eigenvalue weighted by molar-refractivity contribution is 7.92. The Morgan fingerprint density at radius 3 is 2.41 bits per heavy atom. The predicted molar refractivity (Wildman–Crippen MR) is 133 cm³/mol. The number of nitrogens with one attached hydrogen (secondary N) is 2. The third kappa shape index (κ3) is 5.46. The lowest BCUT2D eigenvalue weighted by Gasteiger charge is -2.08. The molecule has 0 atom stereocenters. The van der Waals surface area contributed by atoms with Gasteiger partial charge in [0.1, 0.15) is 5.82 Å². The number of halogens is 1. The molecule has 2 N–H and O–H groups in total. The molecule has 0 aliphatic heterocycles. The Hall–Kier alpha value is -3.65. The summed E-state index contributed by atoms with van der Waals surface area (Å²) in [7, 11) is -2.01. The van der Waals surface area contributed by atoms with Crippen molar-refractivity contribution in [2.45, 2.75) is 19.3 Å². The van der Waals surface area contributed by atoms with Gasteiger partial charge in [-0.15, -0.1) is 0 Å². The number of fused-ring (bicyclic) bond motifs is 1. The van der Waals surface area contributed by atoms with Crippen molar-refractivity contribution in [3.63, 3.8) is 0 Å². The van der Waals surface area contributed by atoms with Crippen molar-refractivity contribution in [3.05, 3.63) is 78.1 Å². The quantitative estimate of drug-likeness (QED) is 0.326. The van der Waals surface area contributed by atoms with E-state index in [4.69, 9.17) is 4.74 Å². The highest BCUT2D eigenvalue weighted by Gasteiger charge is 2.15. The van der Waals surface area contributed by atoms with Crippen molar-refractivity contribution < 1.29 is 22.3 Å². The smallest absolute Gasteiger partial charge is 0.305 e. The van der Waals surface area contributed by atoms with Gasteiger partial charge < -0.3 is 9.72 Å².